The van der Waals surface area contributed by atoms with Crippen LogP contribution < -0.4 is 10.3 Å². The van der Waals surface area contributed by atoms with Gasteiger partial charge in [0.15, 0.2) is 5.16 Å². The largest absolute Gasteiger partial charge is 0.497 e. The van der Waals surface area contributed by atoms with Crippen LogP contribution in [0.2, 0.25) is 0 Å². The minimum absolute atomic E-state index is 0.0877. The molecular formula is C16H20N2O2S2. The van der Waals surface area contributed by atoms with Crippen molar-refractivity contribution >= 4 is 23.5 Å². The molecule has 1 N–H and O–H groups in total. The molecule has 0 spiro atoms. The van der Waals surface area contributed by atoms with Crippen molar-refractivity contribution in [2.24, 2.45) is 0 Å². The van der Waals surface area contributed by atoms with Crippen molar-refractivity contribution in [1.82, 2.24) is 9.97 Å². The molecule has 22 heavy (non-hydrogen) atoms. The first kappa shape index (κ1) is 17.0. The normalized spacial score (nSPS) is 10.6. The standard InChI is InChI=1S/C16H20N2O2S2/c1-3-7-21-11-13-9-15(19)18-16(17-13)22-10-12-5-4-6-14(8-12)20-2/h4-6,8-9H,3,7,10-11H2,1-2H3,(H,17,18,19). The number of rotatable bonds is 8. The lowest BCUT2D eigenvalue weighted by molar-refractivity contribution is 0.414. The third-order valence-electron chi connectivity index (χ3n) is 2.88. The Morgan fingerprint density at radius 1 is 1.27 bits per heavy atom. The van der Waals surface area contributed by atoms with Crippen LogP contribution in [0.3, 0.4) is 0 Å². The fourth-order valence-corrected chi connectivity index (χ4v) is 3.49. The fraction of sp³-hybridized carbons (Fsp3) is 0.375. The number of hydrogen-bond donors (Lipinski definition) is 1. The summed E-state index contributed by atoms with van der Waals surface area (Å²) in [5, 5.41) is 0.669. The molecule has 0 saturated carbocycles. The third kappa shape index (κ3) is 5.42. The van der Waals surface area contributed by atoms with E-state index in [4.69, 9.17) is 4.74 Å². The van der Waals surface area contributed by atoms with E-state index in [2.05, 4.69) is 16.9 Å². The van der Waals surface area contributed by atoms with Gasteiger partial charge in [0.2, 0.25) is 0 Å². The molecule has 0 atom stereocenters. The molecule has 0 aliphatic rings. The highest BCUT2D eigenvalue weighted by molar-refractivity contribution is 7.98. The zero-order valence-electron chi connectivity index (χ0n) is 12.8. The van der Waals surface area contributed by atoms with Gasteiger partial charge in [-0.3, -0.25) is 4.79 Å². The van der Waals surface area contributed by atoms with E-state index in [0.29, 0.717) is 5.16 Å². The van der Waals surface area contributed by atoms with Gasteiger partial charge in [-0.05, 0) is 29.9 Å². The van der Waals surface area contributed by atoms with E-state index in [1.54, 1.807) is 24.9 Å². The van der Waals surface area contributed by atoms with Gasteiger partial charge >= 0.3 is 0 Å². The summed E-state index contributed by atoms with van der Waals surface area (Å²) in [5.74, 6) is 3.45. The van der Waals surface area contributed by atoms with Crippen LogP contribution in [0.4, 0.5) is 0 Å². The maximum absolute atomic E-state index is 11.7. The number of H-pyrrole nitrogens is 1. The summed E-state index contributed by atoms with van der Waals surface area (Å²) >= 11 is 3.33. The highest BCUT2D eigenvalue weighted by Crippen LogP contribution is 2.22. The first-order valence-corrected chi connectivity index (χ1v) is 9.29. The number of ether oxygens (including phenoxy) is 1. The van der Waals surface area contributed by atoms with Crippen LogP contribution in [0.1, 0.15) is 24.6 Å². The van der Waals surface area contributed by atoms with E-state index in [-0.39, 0.29) is 5.56 Å². The number of aromatic nitrogens is 2. The van der Waals surface area contributed by atoms with E-state index in [9.17, 15) is 4.79 Å². The van der Waals surface area contributed by atoms with Gasteiger partial charge in [0, 0.05) is 17.6 Å². The summed E-state index contributed by atoms with van der Waals surface area (Å²) in [6, 6.07) is 9.49. The minimum atomic E-state index is -0.0877. The van der Waals surface area contributed by atoms with Crippen LogP contribution in [-0.4, -0.2) is 22.8 Å². The summed E-state index contributed by atoms with van der Waals surface area (Å²) in [6.07, 6.45) is 1.13. The zero-order valence-corrected chi connectivity index (χ0v) is 14.4. The molecular weight excluding hydrogens is 316 g/mol. The van der Waals surface area contributed by atoms with Gasteiger partial charge in [-0.25, -0.2) is 4.98 Å². The minimum Gasteiger partial charge on any atom is -0.497 e. The van der Waals surface area contributed by atoms with Crippen molar-refractivity contribution in [3.63, 3.8) is 0 Å². The Bertz CT molecular complexity index is 659. The Labute approximate surface area is 139 Å². The number of benzene rings is 1. The van der Waals surface area contributed by atoms with E-state index in [0.717, 1.165) is 40.7 Å². The van der Waals surface area contributed by atoms with Crippen LogP contribution in [0.25, 0.3) is 0 Å². The second-order valence-corrected chi connectivity index (χ2v) is 6.80. The Hall–Kier alpha value is -1.40. The lowest BCUT2D eigenvalue weighted by Crippen LogP contribution is -2.09. The Morgan fingerprint density at radius 2 is 2.14 bits per heavy atom. The smallest absolute Gasteiger partial charge is 0.251 e. The molecule has 2 rings (SSSR count). The first-order chi connectivity index (χ1) is 10.7. The summed E-state index contributed by atoms with van der Waals surface area (Å²) in [6.45, 7) is 2.15. The fourth-order valence-electron chi connectivity index (χ4n) is 1.86. The maximum atomic E-state index is 11.7. The molecule has 0 bridgehead atoms. The summed E-state index contributed by atoms with van der Waals surface area (Å²) in [7, 11) is 1.66. The number of aromatic amines is 1. The van der Waals surface area contributed by atoms with Gasteiger partial charge in [-0.1, -0.05) is 30.8 Å². The Kier molecular flexibility index (Phi) is 6.86. The molecule has 118 valence electrons. The second kappa shape index (κ2) is 8.90. The molecule has 0 aliphatic carbocycles. The second-order valence-electron chi connectivity index (χ2n) is 4.73. The molecule has 0 aliphatic heterocycles. The molecule has 1 aromatic carbocycles. The van der Waals surface area contributed by atoms with Gasteiger partial charge in [-0.2, -0.15) is 11.8 Å². The van der Waals surface area contributed by atoms with E-state index in [1.807, 2.05) is 24.3 Å². The van der Waals surface area contributed by atoms with Crippen molar-refractivity contribution in [3.05, 3.63) is 51.9 Å². The van der Waals surface area contributed by atoms with Gasteiger partial charge < -0.3 is 9.72 Å². The SMILES string of the molecule is CCCSCc1cc(=O)[nH]c(SCc2cccc(OC)c2)n1. The first-order valence-electron chi connectivity index (χ1n) is 7.15. The number of nitrogens with zero attached hydrogens (tertiary/aromatic N) is 1. The molecule has 1 aromatic heterocycles. The van der Waals surface area contributed by atoms with Gasteiger partial charge in [0.25, 0.3) is 5.56 Å². The maximum Gasteiger partial charge on any atom is 0.251 e. The van der Waals surface area contributed by atoms with Crippen molar-refractivity contribution in [2.45, 2.75) is 30.0 Å². The number of thioether (sulfide) groups is 2. The van der Waals surface area contributed by atoms with Crippen LogP contribution in [0.15, 0.2) is 40.3 Å². The van der Waals surface area contributed by atoms with Gasteiger partial charge in [-0.15, -0.1) is 0 Å². The van der Waals surface area contributed by atoms with Crippen LogP contribution in [0, 0.1) is 0 Å². The lowest BCUT2D eigenvalue weighted by Gasteiger charge is -2.05. The third-order valence-corrected chi connectivity index (χ3v) is 5.02. The summed E-state index contributed by atoms with van der Waals surface area (Å²) in [4.78, 5) is 19.0. The summed E-state index contributed by atoms with van der Waals surface area (Å²) in [5.41, 5.74) is 1.89. The Balaban J connectivity index is 2.01. The number of hydrogen-bond acceptors (Lipinski definition) is 5. The van der Waals surface area contributed by atoms with E-state index < -0.39 is 0 Å². The lowest BCUT2D eigenvalue weighted by atomic mass is 10.2. The topological polar surface area (TPSA) is 55.0 Å². The molecule has 6 heteroatoms. The quantitative estimate of drug-likeness (QED) is 0.452. The molecule has 0 unspecified atom stereocenters. The molecule has 0 amide bonds. The van der Waals surface area contributed by atoms with Crippen LogP contribution in [0.5, 0.6) is 5.75 Å². The zero-order chi connectivity index (χ0) is 15.8. The monoisotopic (exact) mass is 336 g/mol. The Morgan fingerprint density at radius 3 is 2.91 bits per heavy atom. The predicted molar refractivity (Wildman–Crippen MR) is 93.9 cm³/mol. The molecule has 0 radical (unpaired) electrons. The van der Waals surface area contributed by atoms with Gasteiger partial charge in [0.05, 0.1) is 12.8 Å². The highest BCUT2D eigenvalue weighted by Gasteiger charge is 2.04. The average Bonchev–Trinajstić information content (AvgIpc) is 2.53. The molecule has 0 fully saturated rings. The molecule has 1 heterocycles. The highest BCUT2D eigenvalue weighted by atomic mass is 32.2. The average molecular weight is 336 g/mol. The van der Waals surface area contributed by atoms with Crippen molar-refractivity contribution < 1.29 is 4.74 Å². The van der Waals surface area contributed by atoms with Crippen molar-refractivity contribution in [1.29, 1.82) is 0 Å². The van der Waals surface area contributed by atoms with Crippen molar-refractivity contribution in [3.8, 4) is 5.75 Å². The summed E-state index contributed by atoms with van der Waals surface area (Å²) < 4.78 is 5.21. The molecule has 2 aromatic rings. The van der Waals surface area contributed by atoms with Gasteiger partial charge in [0.1, 0.15) is 5.75 Å². The molecule has 4 nitrogen and oxygen atoms in total. The molecule has 0 saturated heterocycles. The number of methoxy groups -OCH3 is 1. The van der Waals surface area contributed by atoms with E-state index in [1.165, 1.54) is 11.8 Å². The van der Waals surface area contributed by atoms with Crippen LogP contribution >= 0.6 is 23.5 Å². The van der Waals surface area contributed by atoms with Crippen LogP contribution in [-0.2, 0) is 11.5 Å². The van der Waals surface area contributed by atoms with Crippen molar-refractivity contribution in [2.75, 3.05) is 12.9 Å². The van der Waals surface area contributed by atoms with E-state index >= 15 is 0 Å². The predicted octanol–water partition coefficient (Wildman–Crippen LogP) is 3.71. The number of nitrogens with one attached hydrogen (secondary N) is 1.